The highest BCUT2D eigenvalue weighted by atomic mass is 79.9. The molecular formula is C21H17BrN6. The first-order valence-corrected chi connectivity index (χ1v) is 9.87. The molecular weight excluding hydrogens is 416 g/mol. The Bertz CT molecular complexity index is 1170. The Morgan fingerprint density at radius 1 is 1.00 bits per heavy atom. The number of aromatic nitrogens is 4. The second-order valence-electron chi connectivity index (χ2n) is 6.87. The maximum atomic E-state index is 6.17. The van der Waals surface area contributed by atoms with E-state index in [1.807, 2.05) is 48.7 Å². The van der Waals surface area contributed by atoms with Gasteiger partial charge < -0.3 is 11.1 Å². The number of anilines is 2. The molecule has 1 aliphatic carbocycles. The number of benzene rings is 1. The monoisotopic (exact) mass is 432 g/mol. The van der Waals surface area contributed by atoms with Crippen LogP contribution in [0.25, 0.3) is 33.4 Å². The molecule has 3 aromatic heterocycles. The molecule has 0 spiro atoms. The summed E-state index contributed by atoms with van der Waals surface area (Å²) in [5.41, 5.74) is 10.4. The summed E-state index contributed by atoms with van der Waals surface area (Å²) in [6.07, 6.45) is 5.72. The van der Waals surface area contributed by atoms with Crippen molar-refractivity contribution in [2.75, 3.05) is 11.1 Å². The minimum absolute atomic E-state index is 0.418. The van der Waals surface area contributed by atoms with Gasteiger partial charge in [0.2, 0.25) is 0 Å². The third-order valence-corrected chi connectivity index (χ3v) is 5.25. The Balaban J connectivity index is 1.65. The van der Waals surface area contributed by atoms with Crippen LogP contribution in [0.3, 0.4) is 0 Å². The lowest BCUT2D eigenvalue weighted by atomic mass is 10.0. The van der Waals surface area contributed by atoms with E-state index in [1.54, 1.807) is 0 Å². The maximum Gasteiger partial charge on any atom is 0.165 e. The van der Waals surface area contributed by atoms with Gasteiger partial charge >= 0.3 is 0 Å². The second kappa shape index (κ2) is 6.83. The van der Waals surface area contributed by atoms with Crippen LogP contribution in [0.5, 0.6) is 0 Å². The molecule has 0 aliphatic heterocycles. The SMILES string of the molecule is Nc1ncnc2nc(-c3ccc(NC4CC4)nc3)cc(-c3cccc(Br)c3)c12. The predicted octanol–water partition coefficient (Wildman–Crippen LogP) is 4.67. The summed E-state index contributed by atoms with van der Waals surface area (Å²) in [6, 6.07) is 14.7. The number of nitrogen functional groups attached to an aromatic ring is 1. The van der Waals surface area contributed by atoms with Crippen molar-refractivity contribution in [3.63, 3.8) is 0 Å². The van der Waals surface area contributed by atoms with Crippen molar-refractivity contribution in [3.05, 3.63) is 59.5 Å². The molecule has 3 heterocycles. The van der Waals surface area contributed by atoms with Crippen molar-refractivity contribution in [1.29, 1.82) is 0 Å². The number of fused-ring (bicyclic) bond motifs is 1. The minimum atomic E-state index is 0.418. The zero-order chi connectivity index (χ0) is 19.1. The van der Waals surface area contributed by atoms with Gasteiger partial charge in [-0.1, -0.05) is 28.1 Å². The molecule has 0 saturated heterocycles. The van der Waals surface area contributed by atoms with Crippen LogP contribution in [0, 0.1) is 0 Å². The average Bonchev–Trinajstić information content (AvgIpc) is 3.52. The van der Waals surface area contributed by atoms with E-state index < -0.39 is 0 Å². The van der Waals surface area contributed by atoms with Crippen LogP contribution in [0.1, 0.15) is 12.8 Å². The van der Waals surface area contributed by atoms with Gasteiger partial charge in [0.15, 0.2) is 5.65 Å². The summed E-state index contributed by atoms with van der Waals surface area (Å²) >= 11 is 3.54. The van der Waals surface area contributed by atoms with Crippen molar-refractivity contribution in [1.82, 2.24) is 19.9 Å². The molecule has 6 nitrogen and oxygen atoms in total. The first-order chi connectivity index (χ1) is 13.7. The second-order valence-corrected chi connectivity index (χ2v) is 7.79. The molecule has 1 fully saturated rings. The smallest absolute Gasteiger partial charge is 0.165 e. The molecule has 0 bridgehead atoms. The molecule has 0 amide bonds. The topological polar surface area (TPSA) is 89.6 Å². The zero-order valence-electron chi connectivity index (χ0n) is 14.9. The molecule has 5 rings (SSSR count). The fourth-order valence-corrected chi connectivity index (χ4v) is 3.59. The van der Waals surface area contributed by atoms with Crippen molar-refractivity contribution < 1.29 is 0 Å². The molecule has 28 heavy (non-hydrogen) atoms. The standard InChI is InChI=1S/C21H17BrN6/c22-14-3-1-2-12(8-14)16-9-17(28-21-19(16)20(23)25-11-26-21)13-4-7-18(24-10-13)27-15-5-6-15/h1-4,7-11,15H,5-6H2,(H,24,27)(H2,23,25,26,28). The first kappa shape index (κ1) is 17.1. The summed E-state index contributed by atoms with van der Waals surface area (Å²) in [6.45, 7) is 0. The fraction of sp³-hybridized carbons (Fsp3) is 0.143. The number of pyridine rings is 2. The normalized spacial score (nSPS) is 13.6. The van der Waals surface area contributed by atoms with E-state index in [4.69, 9.17) is 10.7 Å². The lowest BCUT2D eigenvalue weighted by Gasteiger charge is -2.11. The largest absolute Gasteiger partial charge is 0.383 e. The fourth-order valence-electron chi connectivity index (χ4n) is 3.19. The molecule has 0 unspecified atom stereocenters. The number of nitrogens with zero attached hydrogens (tertiary/aromatic N) is 4. The zero-order valence-corrected chi connectivity index (χ0v) is 16.5. The molecule has 0 radical (unpaired) electrons. The maximum absolute atomic E-state index is 6.17. The Morgan fingerprint density at radius 3 is 2.64 bits per heavy atom. The number of hydrogen-bond donors (Lipinski definition) is 2. The third kappa shape index (κ3) is 3.29. The summed E-state index contributed by atoms with van der Waals surface area (Å²) < 4.78 is 0.990. The van der Waals surface area contributed by atoms with Gasteiger partial charge in [0.1, 0.15) is 18.0 Å². The van der Waals surface area contributed by atoms with E-state index in [0.29, 0.717) is 17.5 Å². The van der Waals surface area contributed by atoms with Gasteiger partial charge in [0.05, 0.1) is 11.1 Å². The molecule has 4 aromatic rings. The van der Waals surface area contributed by atoms with Crippen LogP contribution >= 0.6 is 15.9 Å². The lowest BCUT2D eigenvalue weighted by Crippen LogP contribution is -2.02. The Kier molecular flexibility index (Phi) is 4.16. The molecule has 1 aliphatic rings. The summed E-state index contributed by atoms with van der Waals surface area (Å²) in [5, 5.41) is 4.16. The first-order valence-electron chi connectivity index (χ1n) is 9.07. The van der Waals surface area contributed by atoms with E-state index in [2.05, 4.69) is 36.2 Å². The molecule has 1 saturated carbocycles. The number of rotatable bonds is 4. The van der Waals surface area contributed by atoms with Crippen molar-refractivity contribution in [3.8, 4) is 22.4 Å². The molecule has 1 aromatic carbocycles. The van der Waals surface area contributed by atoms with E-state index in [0.717, 1.165) is 38.1 Å². The Morgan fingerprint density at radius 2 is 1.89 bits per heavy atom. The summed E-state index contributed by atoms with van der Waals surface area (Å²) in [4.78, 5) is 17.8. The van der Waals surface area contributed by atoms with Gasteiger partial charge in [-0.15, -0.1) is 0 Å². The summed E-state index contributed by atoms with van der Waals surface area (Å²) in [5.74, 6) is 1.31. The van der Waals surface area contributed by atoms with E-state index in [1.165, 1.54) is 19.2 Å². The Hall–Kier alpha value is -3.06. The third-order valence-electron chi connectivity index (χ3n) is 4.76. The van der Waals surface area contributed by atoms with Gasteiger partial charge in [0, 0.05) is 22.3 Å². The van der Waals surface area contributed by atoms with Crippen molar-refractivity contribution >= 4 is 38.6 Å². The van der Waals surface area contributed by atoms with Crippen molar-refractivity contribution in [2.24, 2.45) is 0 Å². The van der Waals surface area contributed by atoms with Gasteiger partial charge in [-0.25, -0.2) is 19.9 Å². The van der Waals surface area contributed by atoms with Crippen LogP contribution in [-0.2, 0) is 0 Å². The van der Waals surface area contributed by atoms with Crippen LogP contribution in [0.15, 0.2) is 59.5 Å². The van der Waals surface area contributed by atoms with E-state index in [-0.39, 0.29) is 0 Å². The average molecular weight is 433 g/mol. The summed E-state index contributed by atoms with van der Waals surface area (Å²) in [7, 11) is 0. The number of nitrogens with two attached hydrogens (primary N) is 1. The highest BCUT2D eigenvalue weighted by molar-refractivity contribution is 9.10. The highest BCUT2D eigenvalue weighted by Crippen LogP contribution is 2.34. The van der Waals surface area contributed by atoms with E-state index in [9.17, 15) is 0 Å². The lowest BCUT2D eigenvalue weighted by molar-refractivity contribution is 1.11. The van der Waals surface area contributed by atoms with Gasteiger partial charge in [-0.3, -0.25) is 0 Å². The van der Waals surface area contributed by atoms with Crippen LogP contribution in [-0.4, -0.2) is 26.0 Å². The molecule has 7 heteroatoms. The van der Waals surface area contributed by atoms with Gasteiger partial charge in [-0.05, 0) is 54.3 Å². The molecule has 138 valence electrons. The Labute approximate surface area is 170 Å². The van der Waals surface area contributed by atoms with Gasteiger partial charge in [-0.2, -0.15) is 0 Å². The van der Waals surface area contributed by atoms with E-state index >= 15 is 0 Å². The van der Waals surface area contributed by atoms with Gasteiger partial charge in [0.25, 0.3) is 0 Å². The number of hydrogen-bond acceptors (Lipinski definition) is 6. The van der Waals surface area contributed by atoms with Crippen LogP contribution in [0.4, 0.5) is 11.6 Å². The predicted molar refractivity (Wildman–Crippen MR) is 115 cm³/mol. The quantitative estimate of drug-likeness (QED) is 0.486. The molecule has 0 atom stereocenters. The molecule has 3 N–H and O–H groups in total. The van der Waals surface area contributed by atoms with Crippen LogP contribution in [0.2, 0.25) is 0 Å². The number of nitrogens with one attached hydrogen (secondary N) is 1. The van der Waals surface area contributed by atoms with Crippen molar-refractivity contribution in [2.45, 2.75) is 18.9 Å². The minimum Gasteiger partial charge on any atom is -0.383 e. The van der Waals surface area contributed by atoms with Crippen LogP contribution < -0.4 is 11.1 Å². The number of halogens is 1. The highest BCUT2D eigenvalue weighted by Gasteiger charge is 2.21.